The number of aromatic nitrogens is 1. The van der Waals surface area contributed by atoms with Crippen molar-refractivity contribution in [3.05, 3.63) is 65.7 Å². The number of aryl methyl sites for hydroxylation is 1. The molecule has 1 aromatic heterocycles. The van der Waals surface area contributed by atoms with Crippen LogP contribution in [0.3, 0.4) is 0 Å². The van der Waals surface area contributed by atoms with Gasteiger partial charge in [-0.15, -0.1) is 0 Å². The van der Waals surface area contributed by atoms with E-state index >= 15 is 0 Å². The Balaban J connectivity index is 1.66. The van der Waals surface area contributed by atoms with Crippen LogP contribution in [0.15, 0.2) is 59.1 Å². The van der Waals surface area contributed by atoms with E-state index in [0.717, 1.165) is 66.3 Å². The maximum absolute atomic E-state index is 13.4. The van der Waals surface area contributed by atoms with E-state index in [0.29, 0.717) is 6.54 Å². The minimum absolute atomic E-state index is 0.0606. The molecular formula is C26H32N4O2. The molecule has 1 N–H and O–H groups in total. The summed E-state index contributed by atoms with van der Waals surface area (Å²) in [4.78, 5) is 17.5. The summed E-state index contributed by atoms with van der Waals surface area (Å²) in [7, 11) is 0. The van der Waals surface area contributed by atoms with Crippen LogP contribution in [-0.4, -0.2) is 35.2 Å². The molecule has 6 nitrogen and oxygen atoms in total. The molecule has 0 bridgehead atoms. The van der Waals surface area contributed by atoms with Crippen molar-refractivity contribution in [2.45, 2.75) is 52.6 Å². The van der Waals surface area contributed by atoms with Gasteiger partial charge in [-0.05, 0) is 45.2 Å². The molecule has 6 heteroatoms. The van der Waals surface area contributed by atoms with Crippen LogP contribution in [0.4, 0.5) is 16.4 Å². The monoisotopic (exact) mass is 432 g/mol. The van der Waals surface area contributed by atoms with E-state index in [1.165, 1.54) is 0 Å². The van der Waals surface area contributed by atoms with Crippen molar-refractivity contribution in [2.75, 3.05) is 23.3 Å². The van der Waals surface area contributed by atoms with Crippen LogP contribution in [0.25, 0.3) is 11.3 Å². The van der Waals surface area contributed by atoms with Crippen molar-refractivity contribution < 1.29 is 9.32 Å². The fourth-order valence-electron chi connectivity index (χ4n) is 4.09. The molecule has 2 aromatic carbocycles. The predicted molar refractivity (Wildman–Crippen MR) is 129 cm³/mol. The second-order valence-electron chi connectivity index (χ2n) is 8.56. The molecule has 2 amide bonds. The smallest absolute Gasteiger partial charge is 0.322 e. The van der Waals surface area contributed by atoms with Gasteiger partial charge in [0, 0.05) is 30.4 Å². The van der Waals surface area contributed by atoms with Crippen LogP contribution in [0, 0.1) is 6.92 Å². The SMILES string of the molecule is CCC(C)N(Cc1c(-c2ccccc2)noc1N1CCCC1)C(=O)Nc1ccc(C)cc1. The first-order chi connectivity index (χ1) is 15.6. The van der Waals surface area contributed by atoms with E-state index in [1.807, 2.05) is 66.4 Å². The van der Waals surface area contributed by atoms with Gasteiger partial charge in [0.15, 0.2) is 0 Å². The van der Waals surface area contributed by atoms with Crippen LogP contribution in [0.1, 0.15) is 44.2 Å². The summed E-state index contributed by atoms with van der Waals surface area (Å²) in [6.07, 6.45) is 3.14. The first-order valence-electron chi connectivity index (χ1n) is 11.5. The van der Waals surface area contributed by atoms with Crippen molar-refractivity contribution >= 4 is 17.6 Å². The number of anilines is 2. The first kappa shape index (κ1) is 21.9. The van der Waals surface area contributed by atoms with Gasteiger partial charge in [0.25, 0.3) is 0 Å². The number of nitrogens with one attached hydrogen (secondary N) is 1. The number of rotatable bonds is 7. The Morgan fingerprint density at radius 3 is 2.47 bits per heavy atom. The minimum atomic E-state index is -0.115. The lowest BCUT2D eigenvalue weighted by molar-refractivity contribution is 0.187. The molecule has 0 spiro atoms. The summed E-state index contributed by atoms with van der Waals surface area (Å²) in [6, 6.07) is 17.9. The van der Waals surface area contributed by atoms with Gasteiger partial charge in [-0.2, -0.15) is 0 Å². The molecule has 1 aliphatic heterocycles. The number of benzene rings is 2. The molecule has 168 valence electrons. The summed E-state index contributed by atoms with van der Waals surface area (Å²) in [5.74, 6) is 0.790. The fraction of sp³-hybridized carbons (Fsp3) is 0.385. The highest BCUT2D eigenvalue weighted by Gasteiger charge is 2.29. The lowest BCUT2D eigenvalue weighted by atomic mass is 10.1. The molecule has 0 saturated carbocycles. The van der Waals surface area contributed by atoms with Gasteiger partial charge >= 0.3 is 6.03 Å². The Hall–Kier alpha value is -3.28. The molecule has 1 saturated heterocycles. The Labute approximate surface area is 190 Å². The predicted octanol–water partition coefficient (Wildman–Crippen LogP) is 6.08. The van der Waals surface area contributed by atoms with Crippen molar-refractivity contribution in [2.24, 2.45) is 0 Å². The van der Waals surface area contributed by atoms with Crippen LogP contribution >= 0.6 is 0 Å². The largest absolute Gasteiger partial charge is 0.340 e. The van der Waals surface area contributed by atoms with Gasteiger partial charge in [0.2, 0.25) is 5.88 Å². The number of amides is 2. The highest BCUT2D eigenvalue weighted by Crippen LogP contribution is 2.34. The fourth-order valence-corrected chi connectivity index (χ4v) is 4.09. The first-order valence-corrected chi connectivity index (χ1v) is 11.5. The van der Waals surface area contributed by atoms with Gasteiger partial charge in [-0.3, -0.25) is 0 Å². The van der Waals surface area contributed by atoms with Crippen molar-refractivity contribution in [3.8, 4) is 11.3 Å². The highest BCUT2D eigenvalue weighted by atomic mass is 16.5. The number of carbonyl (C=O) groups excluding carboxylic acids is 1. The Bertz CT molecular complexity index is 1020. The van der Waals surface area contributed by atoms with Crippen LogP contribution in [0.2, 0.25) is 0 Å². The topological polar surface area (TPSA) is 61.6 Å². The molecule has 1 aliphatic rings. The molecule has 1 unspecified atom stereocenters. The van der Waals surface area contributed by atoms with E-state index in [2.05, 4.69) is 29.2 Å². The third kappa shape index (κ3) is 4.79. The van der Waals surface area contributed by atoms with Crippen molar-refractivity contribution in [1.29, 1.82) is 0 Å². The van der Waals surface area contributed by atoms with E-state index in [1.54, 1.807) is 0 Å². The van der Waals surface area contributed by atoms with E-state index in [9.17, 15) is 4.79 Å². The third-order valence-electron chi connectivity index (χ3n) is 6.22. The maximum atomic E-state index is 13.4. The van der Waals surface area contributed by atoms with Crippen LogP contribution in [-0.2, 0) is 6.54 Å². The Morgan fingerprint density at radius 1 is 1.12 bits per heavy atom. The average molecular weight is 433 g/mol. The number of nitrogens with zero attached hydrogens (tertiary/aromatic N) is 3. The van der Waals surface area contributed by atoms with E-state index in [4.69, 9.17) is 4.52 Å². The minimum Gasteiger partial charge on any atom is -0.340 e. The van der Waals surface area contributed by atoms with E-state index in [-0.39, 0.29) is 12.1 Å². The Kier molecular flexibility index (Phi) is 6.78. The summed E-state index contributed by atoms with van der Waals surface area (Å²) in [5.41, 5.74) is 4.73. The molecule has 3 aromatic rings. The lowest BCUT2D eigenvalue weighted by Crippen LogP contribution is -2.41. The normalized spacial score (nSPS) is 14.4. The third-order valence-corrected chi connectivity index (χ3v) is 6.22. The number of urea groups is 1. The zero-order valence-electron chi connectivity index (χ0n) is 19.2. The van der Waals surface area contributed by atoms with Gasteiger partial charge in [0.1, 0.15) is 5.69 Å². The summed E-state index contributed by atoms with van der Waals surface area (Å²) >= 11 is 0. The van der Waals surface area contributed by atoms with Gasteiger partial charge in [-0.25, -0.2) is 4.79 Å². The molecule has 0 radical (unpaired) electrons. The average Bonchev–Trinajstić information content (AvgIpc) is 3.49. The van der Waals surface area contributed by atoms with Crippen molar-refractivity contribution in [3.63, 3.8) is 0 Å². The van der Waals surface area contributed by atoms with E-state index < -0.39 is 0 Å². The molecule has 1 atom stereocenters. The zero-order valence-corrected chi connectivity index (χ0v) is 19.2. The summed E-state index contributed by atoms with van der Waals surface area (Å²) in [5, 5.41) is 7.51. The highest BCUT2D eigenvalue weighted by molar-refractivity contribution is 5.89. The number of carbonyl (C=O) groups is 1. The molecule has 0 aliphatic carbocycles. The maximum Gasteiger partial charge on any atom is 0.322 e. The lowest BCUT2D eigenvalue weighted by Gasteiger charge is -2.29. The van der Waals surface area contributed by atoms with Crippen LogP contribution in [0.5, 0.6) is 0 Å². The standard InChI is InChI=1S/C26H32N4O2/c1-4-20(3)30(26(31)27-22-14-12-19(2)13-15-22)18-23-24(21-10-6-5-7-11-21)28-32-25(23)29-16-8-9-17-29/h5-7,10-15,20H,4,8-9,16-18H2,1-3H3,(H,27,31). The Morgan fingerprint density at radius 2 is 1.81 bits per heavy atom. The zero-order chi connectivity index (χ0) is 22.5. The molecule has 4 rings (SSSR count). The van der Waals surface area contributed by atoms with Crippen molar-refractivity contribution in [1.82, 2.24) is 10.1 Å². The number of hydrogen-bond acceptors (Lipinski definition) is 4. The van der Waals surface area contributed by atoms with Crippen LogP contribution < -0.4 is 10.2 Å². The molecule has 1 fully saturated rings. The summed E-state index contributed by atoms with van der Waals surface area (Å²) < 4.78 is 5.88. The number of hydrogen-bond donors (Lipinski definition) is 1. The molecular weight excluding hydrogens is 400 g/mol. The molecule has 32 heavy (non-hydrogen) atoms. The van der Waals surface area contributed by atoms with Gasteiger partial charge in [0.05, 0.1) is 12.1 Å². The second-order valence-corrected chi connectivity index (χ2v) is 8.56. The summed E-state index contributed by atoms with van der Waals surface area (Å²) in [6.45, 7) is 8.56. The second kappa shape index (κ2) is 9.90. The quantitative estimate of drug-likeness (QED) is 0.491. The van der Waals surface area contributed by atoms with Gasteiger partial charge in [-0.1, -0.05) is 60.1 Å². The molecule has 2 heterocycles. The van der Waals surface area contributed by atoms with Gasteiger partial charge < -0.3 is 19.6 Å².